The predicted molar refractivity (Wildman–Crippen MR) is 135 cm³/mol. The first-order valence-electron chi connectivity index (χ1n) is 11.2. The zero-order valence-electron chi connectivity index (χ0n) is 19.3. The van der Waals surface area contributed by atoms with E-state index in [2.05, 4.69) is 59.2 Å². The van der Waals surface area contributed by atoms with Crippen LogP contribution in [0.1, 0.15) is 41.9 Å². The van der Waals surface area contributed by atoms with Crippen molar-refractivity contribution in [3.05, 3.63) is 83.1 Å². The van der Waals surface area contributed by atoms with Crippen molar-refractivity contribution >= 4 is 34.4 Å². The van der Waals surface area contributed by atoms with Crippen molar-refractivity contribution in [1.29, 1.82) is 5.26 Å². The third-order valence-electron chi connectivity index (χ3n) is 5.90. The third kappa shape index (κ3) is 4.94. The van der Waals surface area contributed by atoms with Crippen LogP contribution < -0.4 is 5.32 Å². The van der Waals surface area contributed by atoms with E-state index in [1.165, 1.54) is 0 Å². The molecule has 3 aromatic heterocycles. The SMILES string of the molecule is CCN(CC)Cc1cccc(C=Cc2cncc(C#N)c2Nc2ccc3[nH]ccc3c2C)n1. The van der Waals surface area contributed by atoms with Crippen molar-refractivity contribution in [2.24, 2.45) is 0 Å². The molecule has 0 unspecified atom stereocenters. The lowest BCUT2D eigenvalue weighted by atomic mass is 10.1. The number of nitrogens with zero attached hydrogens (tertiary/aromatic N) is 4. The molecule has 0 amide bonds. The summed E-state index contributed by atoms with van der Waals surface area (Å²) in [6, 6.07) is 14.5. The van der Waals surface area contributed by atoms with Crippen LogP contribution >= 0.6 is 0 Å². The molecule has 0 saturated carbocycles. The zero-order valence-corrected chi connectivity index (χ0v) is 19.3. The molecule has 0 aliphatic carbocycles. The van der Waals surface area contributed by atoms with Crippen molar-refractivity contribution in [3.63, 3.8) is 0 Å². The normalized spacial score (nSPS) is 11.4. The fourth-order valence-electron chi connectivity index (χ4n) is 3.91. The van der Waals surface area contributed by atoms with Gasteiger partial charge in [-0.25, -0.2) is 0 Å². The summed E-state index contributed by atoms with van der Waals surface area (Å²) in [7, 11) is 0. The number of hydrogen-bond donors (Lipinski definition) is 2. The molecule has 0 atom stereocenters. The van der Waals surface area contributed by atoms with Crippen LogP contribution in [0.2, 0.25) is 0 Å². The summed E-state index contributed by atoms with van der Waals surface area (Å²) in [6.07, 6.45) is 9.22. The number of H-pyrrole nitrogens is 1. The first kappa shape index (κ1) is 22.3. The van der Waals surface area contributed by atoms with Gasteiger partial charge in [0.2, 0.25) is 0 Å². The highest BCUT2D eigenvalue weighted by atomic mass is 15.1. The molecule has 2 N–H and O–H groups in total. The first-order chi connectivity index (χ1) is 16.1. The van der Waals surface area contributed by atoms with Gasteiger partial charge in [0.25, 0.3) is 0 Å². The Morgan fingerprint density at radius 1 is 1.09 bits per heavy atom. The number of aryl methyl sites for hydroxylation is 1. The van der Waals surface area contributed by atoms with Gasteiger partial charge in [0, 0.05) is 47.3 Å². The number of nitriles is 1. The molecule has 166 valence electrons. The van der Waals surface area contributed by atoms with Gasteiger partial charge < -0.3 is 10.3 Å². The van der Waals surface area contributed by atoms with E-state index in [0.717, 1.165) is 64.4 Å². The standard InChI is InChI=1S/C27H28N6/c1-4-33(5-2)18-23-8-6-7-22(31-23)10-9-20-16-29-17-21(15-28)27(20)32-25-11-12-26-24(19(25)3)13-14-30-26/h6-14,16-17,30H,4-5,18H2,1-3H3,(H,29,32). The third-order valence-corrected chi connectivity index (χ3v) is 5.90. The van der Waals surface area contributed by atoms with Crippen molar-refractivity contribution < 1.29 is 0 Å². The summed E-state index contributed by atoms with van der Waals surface area (Å²) in [5, 5.41) is 14.3. The number of anilines is 2. The maximum atomic E-state index is 9.71. The molecule has 0 fully saturated rings. The maximum Gasteiger partial charge on any atom is 0.103 e. The van der Waals surface area contributed by atoms with Gasteiger partial charge in [-0.05, 0) is 68.1 Å². The lowest BCUT2D eigenvalue weighted by Gasteiger charge is -2.17. The zero-order chi connectivity index (χ0) is 23.2. The highest BCUT2D eigenvalue weighted by molar-refractivity contribution is 5.90. The Hall–Kier alpha value is -3.95. The predicted octanol–water partition coefficient (Wildman–Crippen LogP) is 5.89. The van der Waals surface area contributed by atoms with Crippen LogP contribution in [-0.2, 0) is 6.54 Å². The second kappa shape index (κ2) is 10.1. The summed E-state index contributed by atoms with van der Waals surface area (Å²) < 4.78 is 0. The Bertz CT molecular complexity index is 1320. The minimum Gasteiger partial charge on any atom is -0.361 e. The van der Waals surface area contributed by atoms with E-state index in [1.807, 2.05) is 42.6 Å². The molecule has 6 heteroatoms. The molecule has 4 rings (SSSR count). The van der Waals surface area contributed by atoms with Crippen LogP contribution in [0.3, 0.4) is 0 Å². The van der Waals surface area contributed by atoms with Crippen LogP contribution in [0, 0.1) is 18.3 Å². The molecule has 0 saturated heterocycles. The fraction of sp³-hybridized carbons (Fsp3) is 0.222. The van der Waals surface area contributed by atoms with E-state index < -0.39 is 0 Å². The van der Waals surface area contributed by atoms with E-state index in [-0.39, 0.29) is 0 Å². The largest absolute Gasteiger partial charge is 0.361 e. The number of rotatable bonds is 8. The van der Waals surface area contributed by atoms with Gasteiger partial charge in [-0.1, -0.05) is 19.9 Å². The van der Waals surface area contributed by atoms with Crippen LogP contribution in [0.4, 0.5) is 11.4 Å². The number of pyridine rings is 2. The molecular formula is C27H28N6. The molecule has 33 heavy (non-hydrogen) atoms. The minimum absolute atomic E-state index is 0.494. The molecule has 0 spiro atoms. The van der Waals surface area contributed by atoms with E-state index in [9.17, 15) is 5.26 Å². The number of aromatic amines is 1. The smallest absolute Gasteiger partial charge is 0.103 e. The van der Waals surface area contributed by atoms with E-state index >= 15 is 0 Å². The van der Waals surface area contributed by atoms with Crippen LogP contribution in [-0.4, -0.2) is 32.9 Å². The molecule has 4 aromatic rings. The van der Waals surface area contributed by atoms with Gasteiger partial charge in [0.05, 0.1) is 22.6 Å². The molecule has 0 radical (unpaired) electrons. The van der Waals surface area contributed by atoms with Gasteiger partial charge in [-0.15, -0.1) is 0 Å². The summed E-state index contributed by atoms with van der Waals surface area (Å²) >= 11 is 0. The fourth-order valence-corrected chi connectivity index (χ4v) is 3.91. The highest BCUT2D eigenvalue weighted by Crippen LogP contribution is 2.31. The molecule has 3 heterocycles. The van der Waals surface area contributed by atoms with Crippen LogP contribution in [0.15, 0.2) is 55.0 Å². The molecular weight excluding hydrogens is 408 g/mol. The van der Waals surface area contributed by atoms with Crippen LogP contribution in [0.25, 0.3) is 23.1 Å². The quantitative estimate of drug-likeness (QED) is 0.360. The van der Waals surface area contributed by atoms with Crippen LogP contribution in [0.5, 0.6) is 0 Å². The van der Waals surface area contributed by atoms with Gasteiger partial charge in [-0.3, -0.25) is 14.9 Å². The van der Waals surface area contributed by atoms with Crippen molar-refractivity contribution in [1.82, 2.24) is 19.9 Å². The summed E-state index contributed by atoms with van der Waals surface area (Å²) in [5.74, 6) is 0. The monoisotopic (exact) mass is 436 g/mol. The molecule has 0 bridgehead atoms. The molecule has 0 aliphatic rings. The second-order valence-corrected chi connectivity index (χ2v) is 7.91. The van der Waals surface area contributed by atoms with Gasteiger partial charge >= 0.3 is 0 Å². The van der Waals surface area contributed by atoms with Gasteiger partial charge in [0.15, 0.2) is 0 Å². The topological polar surface area (TPSA) is 80.6 Å². The van der Waals surface area contributed by atoms with E-state index in [4.69, 9.17) is 4.98 Å². The Kier molecular flexibility index (Phi) is 6.82. The van der Waals surface area contributed by atoms with Crippen molar-refractivity contribution in [2.75, 3.05) is 18.4 Å². The molecule has 1 aromatic carbocycles. The van der Waals surface area contributed by atoms with Gasteiger partial charge in [0.1, 0.15) is 6.07 Å². The van der Waals surface area contributed by atoms with Gasteiger partial charge in [-0.2, -0.15) is 5.26 Å². The highest BCUT2D eigenvalue weighted by Gasteiger charge is 2.11. The molecule has 0 aliphatic heterocycles. The molecule has 6 nitrogen and oxygen atoms in total. The number of aromatic nitrogens is 3. The van der Waals surface area contributed by atoms with E-state index in [0.29, 0.717) is 5.56 Å². The average Bonchev–Trinajstić information content (AvgIpc) is 3.33. The second-order valence-electron chi connectivity index (χ2n) is 7.91. The number of benzene rings is 1. The Balaban J connectivity index is 1.65. The number of nitrogens with one attached hydrogen (secondary N) is 2. The maximum absolute atomic E-state index is 9.71. The first-order valence-corrected chi connectivity index (χ1v) is 11.2. The Morgan fingerprint density at radius 3 is 2.73 bits per heavy atom. The van der Waals surface area contributed by atoms with Crippen molar-refractivity contribution in [3.8, 4) is 6.07 Å². The summed E-state index contributed by atoms with van der Waals surface area (Å²) in [6.45, 7) is 9.21. The Morgan fingerprint density at radius 2 is 1.94 bits per heavy atom. The summed E-state index contributed by atoms with van der Waals surface area (Å²) in [4.78, 5) is 14.6. The number of hydrogen-bond acceptors (Lipinski definition) is 5. The average molecular weight is 437 g/mol. The minimum atomic E-state index is 0.494. The van der Waals surface area contributed by atoms with Crippen molar-refractivity contribution in [2.45, 2.75) is 27.3 Å². The summed E-state index contributed by atoms with van der Waals surface area (Å²) in [5.41, 5.74) is 7.14. The number of fused-ring (bicyclic) bond motifs is 1. The lowest BCUT2D eigenvalue weighted by Crippen LogP contribution is -2.22. The lowest BCUT2D eigenvalue weighted by molar-refractivity contribution is 0.292. The Labute approximate surface area is 194 Å². The van der Waals surface area contributed by atoms with E-state index in [1.54, 1.807) is 12.4 Å².